The lowest BCUT2D eigenvalue weighted by atomic mass is 9.99. The van der Waals surface area contributed by atoms with Gasteiger partial charge in [0.05, 0.1) is 31.3 Å². The van der Waals surface area contributed by atoms with E-state index in [-0.39, 0.29) is 18.1 Å². The lowest BCUT2D eigenvalue weighted by molar-refractivity contribution is -0.0871. The Kier molecular flexibility index (Phi) is 3.28. The van der Waals surface area contributed by atoms with E-state index in [4.69, 9.17) is 4.74 Å². The molecule has 0 radical (unpaired) electrons. The van der Waals surface area contributed by atoms with Crippen molar-refractivity contribution >= 4 is 5.91 Å². The number of fused-ring (bicyclic) bond motifs is 1. The summed E-state index contributed by atoms with van der Waals surface area (Å²) in [4.78, 5) is 20.9. The van der Waals surface area contributed by atoms with Crippen LogP contribution in [0, 0.1) is 0 Å². The Balaban J connectivity index is 1.82. The van der Waals surface area contributed by atoms with Crippen LogP contribution < -0.4 is 0 Å². The number of carbonyl (C=O) groups is 1. The van der Waals surface area contributed by atoms with Crippen LogP contribution in [0.15, 0.2) is 12.5 Å². The van der Waals surface area contributed by atoms with Crippen molar-refractivity contribution < 1.29 is 9.53 Å². The second-order valence-electron chi connectivity index (χ2n) is 5.42. The monoisotopic (exact) mass is 264 g/mol. The Morgan fingerprint density at radius 1 is 1.42 bits per heavy atom. The van der Waals surface area contributed by atoms with E-state index in [2.05, 4.69) is 16.9 Å². The standard InChI is InChI=1S/C13H20N4O2/c1-15-4-3-12-11(8-15)17(5-6-19-12)13(18)10-7-14-9-16(10)2/h7,9,11-12H,3-6,8H2,1-2H3/t11-,12-/m0/s1. The van der Waals surface area contributed by atoms with E-state index < -0.39 is 0 Å². The number of nitrogens with zero attached hydrogens (tertiary/aromatic N) is 4. The van der Waals surface area contributed by atoms with Crippen LogP contribution >= 0.6 is 0 Å². The van der Waals surface area contributed by atoms with Crippen LogP contribution in [0.25, 0.3) is 0 Å². The van der Waals surface area contributed by atoms with Crippen LogP contribution in [-0.4, -0.2) is 70.7 Å². The molecular weight excluding hydrogens is 244 g/mol. The first-order valence-electron chi connectivity index (χ1n) is 6.74. The lowest BCUT2D eigenvalue weighted by Crippen LogP contribution is -2.60. The number of likely N-dealkylation sites (N-methyl/N-ethyl adjacent to an activating group) is 1. The summed E-state index contributed by atoms with van der Waals surface area (Å²) in [6.45, 7) is 3.22. The van der Waals surface area contributed by atoms with E-state index in [1.54, 1.807) is 17.1 Å². The van der Waals surface area contributed by atoms with E-state index in [9.17, 15) is 4.79 Å². The van der Waals surface area contributed by atoms with Crippen LogP contribution in [0.5, 0.6) is 0 Å². The average molecular weight is 264 g/mol. The molecule has 1 amide bonds. The van der Waals surface area contributed by atoms with Crippen molar-refractivity contribution in [2.75, 3.05) is 33.3 Å². The third kappa shape index (κ3) is 2.26. The molecular formula is C13H20N4O2. The maximum absolute atomic E-state index is 12.6. The number of carbonyl (C=O) groups excluding carboxylic acids is 1. The summed E-state index contributed by atoms with van der Waals surface area (Å²) in [5.74, 6) is 0.0635. The largest absolute Gasteiger partial charge is 0.374 e. The first-order valence-corrected chi connectivity index (χ1v) is 6.74. The number of hydrogen-bond acceptors (Lipinski definition) is 4. The first-order chi connectivity index (χ1) is 9.16. The summed E-state index contributed by atoms with van der Waals surface area (Å²) in [6, 6.07) is 0.162. The number of imidazole rings is 1. The second-order valence-corrected chi connectivity index (χ2v) is 5.42. The summed E-state index contributed by atoms with van der Waals surface area (Å²) < 4.78 is 7.59. The molecule has 2 atom stereocenters. The van der Waals surface area contributed by atoms with Crippen molar-refractivity contribution in [3.8, 4) is 0 Å². The molecule has 19 heavy (non-hydrogen) atoms. The van der Waals surface area contributed by atoms with Gasteiger partial charge in [0, 0.05) is 26.7 Å². The number of aryl methyl sites for hydroxylation is 1. The number of ether oxygens (including phenoxy) is 1. The molecule has 0 spiro atoms. The van der Waals surface area contributed by atoms with E-state index in [1.807, 2.05) is 11.9 Å². The summed E-state index contributed by atoms with van der Waals surface area (Å²) >= 11 is 0. The van der Waals surface area contributed by atoms with Gasteiger partial charge in [0.2, 0.25) is 0 Å². The van der Waals surface area contributed by atoms with E-state index in [0.29, 0.717) is 18.8 Å². The molecule has 0 bridgehead atoms. The van der Waals surface area contributed by atoms with Crippen molar-refractivity contribution in [3.63, 3.8) is 0 Å². The number of morpholine rings is 1. The molecule has 3 heterocycles. The van der Waals surface area contributed by atoms with Crippen LogP contribution in [0.1, 0.15) is 16.9 Å². The molecule has 2 fully saturated rings. The zero-order chi connectivity index (χ0) is 13.4. The highest BCUT2D eigenvalue weighted by Gasteiger charge is 2.39. The minimum absolute atomic E-state index is 0.0635. The van der Waals surface area contributed by atoms with Crippen molar-refractivity contribution in [2.24, 2.45) is 7.05 Å². The zero-order valence-electron chi connectivity index (χ0n) is 11.5. The number of rotatable bonds is 1. The van der Waals surface area contributed by atoms with Crippen molar-refractivity contribution in [1.82, 2.24) is 19.4 Å². The molecule has 0 N–H and O–H groups in total. The van der Waals surface area contributed by atoms with Gasteiger partial charge in [-0.2, -0.15) is 0 Å². The van der Waals surface area contributed by atoms with Gasteiger partial charge in [-0.05, 0) is 13.5 Å². The smallest absolute Gasteiger partial charge is 0.272 e. The number of amides is 1. The van der Waals surface area contributed by atoms with E-state index >= 15 is 0 Å². The molecule has 104 valence electrons. The maximum Gasteiger partial charge on any atom is 0.272 e. The third-order valence-electron chi connectivity index (χ3n) is 4.08. The molecule has 1 aromatic rings. The van der Waals surface area contributed by atoms with Gasteiger partial charge in [-0.3, -0.25) is 4.79 Å². The number of likely N-dealkylation sites (tertiary alicyclic amines) is 1. The topological polar surface area (TPSA) is 50.6 Å². The van der Waals surface area contributed by atoms with Gasteiger partial charge in [0.1, 0.15) is 5.69 Å². The van der Waals surface area contributed by atoms with Crippen LogP contribution in [0.2, 0.25) is 0 Å². The SMILES string of the molecule is CN1CC[C@@H]2OCCN(C(=O)c3cncn3C)[C@H]2C1. The van der Waals surface area contributed by atoms with Gasteiger partial charge >= 0.3 is 0 Å². The number of piperidine rings is 1. The molecule has 0 aromatic carbocycles. The van der Waals surface area contributed by atoms with Crippen molar-refractivity contribution in [1.29, 1.82) is 0 Å². The molecule has 0 aliphatic carbocycles. The van der Waals surface area contributed by atoms with Gasteiger partial charge in [-0.25, -0.2) is 4.98 Å². The summed E-state index contributed by atoms with van der Waals surface area (Å²) in [5, 5.41) is 0. The molecule has 0 unspecified atom stereocenters. The fourth-order valence-corrected chi connectivity index (χ4v) is 2.99. The fourth-order valence-electron chi connectivity index (χ4n) is 2.99. The first kappa shape index (κ1) is 12.6. The Morgan fingerprint density at radius 2 is 2.26 bits per heavy atom. The highest BCUT2D eigenvalue weighted by molar-refractivity contribution is 5.92. The van der Waals surface area contributed by atoms with Gasteiger partial charge in [-0.15, -0.1) is 0 Å². The van der Waals surface area contributed by atoms with Crippen molar-refractivity contribution in [3.05, 3.63) is 18.2 Å². The Hall–Kier alpha value is -1.40. The molecule has 2 aliphatic rings. The second kappa shape index (κ2) is 4.94. The van der Waals surface area contributed by atoms with Gasteiger partial charge in [-0.1, -0.05) is 0 Å². The third-order valence-corrected chi connectivity index (χ3v) is 4.08. The Morgan fingerprint density at radius 3 is 3.00 bits per heavy atom. The average Bonchev–Trinajstić information content (AvgIpc) is 2.83. The lowest BCUT2D eigenvalue weighted by Gasteiger charge is -2.46. The molecule has 3 rings (SSSR count). The molecule has 6 nitrogen and oxygen atoms in total. The minimum atomic E-state index is 0.0635. The highest BCUT2D eigenvalue weighted by Crippen LogP contribution is 2.23. The normalized spacial score (nSPS) is 28.2. The molecule has 0 saturated carbocycles. The quantitative estimate of drug-likeness (QED) is 0.714. The van der Waals surface area contributed by atoms with E-state index in [1.165, 1.54) is 0 Å². The minimum Gasteiger partial charge on any atom is -0.374 e. The molecule has 6 heteroatoms. The van der Waals surface area contributed by atoms with Crippen molar-refractivity contribution in [2.45, 2.75) is 18.6 Å². The van der Waals surface area contributed by atoms with Crippen LogP contribution in [0.3, 0.4) is 0 Å². The zero-order valence-corrected chi connectivity index (χ0v) is 11.5. The fraction of sp³-hybridized carbons (Fsp3) is 0.692. The molecule has 1 aromatic heterocycles. The Bertz CT molecular complexity index is 473. The highest BCUT2D eigenvalue weighted by atomic mass is 16.5. The maximum atomic E-state index is 12.6. The summed E-state index contributed by atoms with van der Waals surface area (Å²) in [7, 11) is 3.95. The summed E-state index contributed by atoms with van der Waals surface area (Å²) in [5.41, 5.74) is 0.647. The van der Waals surface area contributed by atoms with Crippen LogP contribution in [-0.2, 0) is 11.8 Å². The van der Waals surface area contributed by atoms with Gasteiger partial charge in [0.25, 0.3) is 5.91 Å². The van der Waals surface area contributed by atoms with Gasteiger partial charge in [0.15, 0.2) is 0 Å². The predicted molar refractivity (Wildman–Crippen MR) is 69.9 cm³/mol. The Labute approximate surface area is 113 Å². The van der Waals surface area contributed by atoms with Crippen LogP contribution in [0.4, 0.5) is 0 Å². The van der Waals surface area contributed by atoms with E-state index in [0.717, 1.165) is 19.5 Å². The predicted octanol–water partition coefficient (Wildman–Crippen LogP) is -0.0348. The summed E-state index contributed by atoms with van der Waals surface area (Å²) in [6.07, 6.45) is 4.48. The van der Waals surface area contributed by atoms with Gasteiger partial charge < -0.3 is 19.1 Å². The number of hydrogen-bond donors (Lipinski definition) is 0. The molecule has 2 aliphatic heterocycles. The number of aromatic nitrogens is 2. The molecule has 2 saturated heterocycles.